The summed E-state index contributed by atoms with van der Waals surface area (Å²) in [7, 11) is 0. The van der Waals surface area contributed by atoms with E-state index in [1.54, 1.807) is 0 Å². The van der Waals surface area contributed by atoms with Crippen LogP contribution in [0.3, 0.4) is 0 Å². The van der Waals surface area contributed by atoms with Crippen LogP contribution in [0.4, 0.5) is 0 Å². The zero-order chi connectivity index (χ0) is 7.54. The van der Waals surface area contributed by atoms with Crippen molar-refractivity contribution in [1.82, 2.24) is 0 Å². The van der Waals surface area contributed by atoms with Crippen LogP contribution in [0.5, 0.6) is 0 Å². The van der Waals surface area contributed by atoms with E-state index in [0.717, 1.165) is 12.8 Å². The lowest BCUT2D eigenvalue weighted by atomic mass is 10.4. The van der Waals surface area contributed by atoms with Gasteiger partial charge >= 0.3 is 21.7 Å². The summed E-state index contributed by atoms with van der Waals surface area (Å²) in [5, 5.41) is 8.07. The fourth-order valence-electron chi connectivity index (χ4n) is 0.158. The van der Waals surface area contributed by atoms with Gasteiger partial charge in [0.25, 0.3) is 4.55 Å². The molecule has 0 amide bonds. The molecule has 1 N–H and O–H groups in total. The molecular formula is C7H17MgO+2. The summed E-state index contributed by atoms with van der Waals surface area (Å²) < 4.78 is 1.35. The minimum absolute atomic E-state index is 0.344. The molecule has 2 heteroatoms. The molecule has 1 nitrogen and oxygen atoms in total. The average molecular weight is 142 g/mol. The summed E-state index contributed by atoms with van der Waals surface area (Å²) >= 11 is 2.02. The summed E-state index contributed by atoms with van der Waals surface area (Å²) in [4.78, 5) is 0. The molecule has 0 rings (SSSR count). The Kier molecular flexibility index (Phi) is 21.9. The Morgan fingerprint density at radius 3 is 1.67 bits per heavy atom. The number of hydrogen-bond donors (Lipinski definition) is 1. The second-order valence-corrected chi connectivity index (χ2v) is 2.64. The van der Waals surface area contributed by atoms with Crippen LogP contribution in [-0.4, -0.2) is 33.4 Å². The first kappa shape index (κ1) is 12.4. The molecule has 0 unspecified atom stereocenters. The van der Waals surface area contributed by atoms with Crippen LogP contribution in [-0.2, 0) is 0 Å². The van der Waals surface area contributed by atoms with E-state index >= 15 is 0 Å². The monoisotopic (exact) mass is 141 g/mol. The predicted octanol–water partition coefficient (Wildman–Crippen LogP) is 1.76. The highest BCUT2D eigenvalue weighted by atomic mass is 24.4. The van der Waals surface area contributed by atoms with Gasteiger partial charge in [-0.15, -0.1) is 0 Å². The van der Waals surface area contributed by atoms with Crippen LogP contribution < -0.4 is 0 Å². The predicted molar refractivity (Wildman–Crippen MR) is 42.8 cm³/mol. The second kappa shape index (κ2) is 15.9. The van der Waals surface area contributed by atoms with E-state index in [1.807, 2.05) is 21.7 Å². The first-order valence-corrected chi connectivity index (χ1v) is 4.73. The van der Waals surface area contributed by atoms with E-state index < -0.39 is 0 Å². The van der Waals surface area contributed by atoms with Crippen LogP contribution in [0.25, 0.3) is 0 Å². The summed E-state index contributed by atoms with van der Waals surface area (Å²) in [6.07, 6.45) is 3.37. The van der Waals surface area contributed by atoms with Crippen molar-refractivity contribution in [1.29, 1.82) is 0 Å². The van der Waals surface area contributed by atoms with Crippen LogP contribution >= 0.6 is 0 Å². The van der Waals surface area contributed by atoms with Gasteiger partial charge in [0.2, 0.25) is 0 Å². The number of aliphatic hydroxyl groups is 1. The quantitative estimate of drug-likeness (QED) is 0.594. The van der Waals surface area contributed by atoms with Crippen molar-refractivity contribution < 1.29 is 5.11 Å². The van der Waals surface area contributed by atoms with Crippen LogP contribution in [0.15, 0.2) is 0 Å². The zero-order valence-corrected chi connectivity index (χ0v) is 8.10. The van der Waals surface area contributed by atoms with Gasteiger partial charge in [-0.2, -0.15) is 0 Å². The molecule has 51 valence electrons. The van der Waals surface area contributed by atoms with Gasteiger partial charge in [-0.3, -0.25) is 0 Å². The number of unbranched alkanes of at least 4 members (excludes halogenated alkanes) is 1. The SMILES string of the molecule is CCCCO.CC[CH2][Mg+2]. The van der Waals surface area contributed by atoms with E-state index in [4.69, 9.17) is 5.11 Å². The molecule has 0 aromatic heterocycles. The topological polar surface area (TPSA) is 20.2 Å². The van der Waals surface area contributed by atoms with Crippen molar-refractivity contribution in [2.45, 2.75) is 37.7 Å². The molecule has 0 saturated carbocycles. The summed E-state index contributed by atoms with van der Waals surface area (Å²) in [6.45, 7) is 4.58. The summed E-state index contributed by atoms with van der Waals surface area (Å²) in [6, 6.07) is 0. The average Bonchev–Trinajstić information content (AvgIpc) is 1.91. The lowest BCUT2D eigenvalue weighted by Gasteiger charge is -1.79. The Labute approximate surface area is 71.3 Å². The largest absolute Gasteiger partial charge is 1.41 e. The second-order valence-electron chi connectivity index (χ2n) is 1.93. The molecule has 0 aliphatic heterocycles. The smallest absolute Gasteiger partial charge is 0.396 e. The Morgan fingerprint density at radius 1 is 1.22 bits per heavy atom. The molecule has 9 heavy (non-hydrogen) atoms. The summed E-state index contributed by atoms with van der Waals surface area (Å²) in [5.74, 6) is 0. The molecule has 0 bridgehead atoms. The fraction of sp³-hybridized carbons (Fsp3) is 1.00. The Morgan fingerprint density at radius 2 is 1.67 bits per heavy atom. The Hall–Kier alpha value is 0.726. The van der Waals surface area contributed by atoms with Gasteiger partial charge < -0.3 is 5.11 Å². The molecule has 0 fully saturated rings. The van der Waals surface area contributed by atoms with E-state index in [2.05, 4.69) is 13.8 Å². The molecule has 0 atom stereocenters. The van der Waals surface area contributed by atoms with Crippen molar-refractivity contribution in [2.75, 3.05) is 6.61 Å². The molecule has 0 saturated heterocycles. The molecular weight excluding hydrogens is 124 g/mol. The van der Waals surface area contributed by atoms with Gasteiger partial charge in [0, 0.05) is 13.0 Å². The maximum atomic E-state index is 8.07. The van der Waals surface area contributed by atoms with Gasteiger partial charge in [0.05, 0.1) is 0 Å². The third-order valence-electron chi connectivity index (χ3n) is 0.865. The third-order valence-corrected chi connectivity index (χ3v) is 1.57. The molecule has 7 radical (unpaired) electrons. The lowest BCUT2D eigenvalue weighted by molar-refractivity contribution is 0.287. The van der Waals surface area contributed by atoms with Gasteiger partial charge in [-0.1, -0.05) is 20.3 Å². The fourth-order valence-corrected chi connectivity index (χ4v) is 0.158. The number of rotatable bonds is 3. The van der Waals surface area contributed by atoms with E-state index in [1.165, 1.54) is 11.0 Å². The van der Waals surface area contributed by atoms with Gasteiger partial charge in [0.1, 0.15) is 0 Å². The van der Waals surface area contributed by atoms with E-state index in [0.29, 0.717) is 6.61 Å². The number of hydrogen-bond acceptors (Lipinski definition) is 1. The van der Waals surface area contributed by atoms with Crippen LogP contribution in [0.1, 0.15) is 33.1 Å². The lowest BCUT2D eigenvalue weighted by Crippen LogP contribution is -1.75. The maximum Gasteiger partial charge on any atom is 1.41 e. The Bertz CT molecular complexity index is 28.1. The highest BCUT2D eigenvalue weighted by Gasteiger charge is 2.17. The highest BCUT2D eigenvalue weighted by Crippen LogP contribution is 1.78. The van der Waals surface area contributed by atoms with Crippen molar-refractivity contribution in [3.05, 3.63) is 0 Å². The maximum absolute atomic E-state index is 8.07. The van der Waals surface area contributed by atoms with Crippen molar-refractivity contribution >= 4 is 21.7 Å². The Balaban J connectivity index is 0. The first-order valence-electron chi connectivity index (χ1n) is 3.73. The van der Waals surface area contributed by atoms with E-state index in [-0.39, 0.29) is 0 Å². The normalized spacial score (nSPS) is 8.00. The van der Waals surface area contributed by atoms with Gasteiger partial charge in [-0.25, -0.2) is 0 Å². The van der Waals surface area contributed by atoms with E-state index in [9.17, 15) is 0 Å². The van der Waals surface area contributed by atoms with Gasteiger partial charge in [-0.05, 0) is 6.42 Å². The summed E-state index contributed by atoms with van der Waals surface area (Å²) in [5.41, 5.74) is 0. The van der Waals surface area contributed by atoms with Crippen LogP contribution in [0, 0.1) is 0 Å². The minimum Gasteiger partial charge on any atom is -0.396 e. The molecule has 0 aromatic rings. The molecule has 0 aliphatic carbocycles. The molecule has 0 aliphatic rings. The third kappa shape index (κ3) is 28.4. The van der Waals surface area contributed by atoms with Crippen molar-refractivity contribution in [2.24, 2.45) is 0 Å². The molecule has 0 aromatic carbocycles. The van der Waals surface area contributed by atoms with Crippen molar-refractivity contribution in [3.8, 4) is 0 Å². The molecule has 0 heterocycles. The highest BCUT2D eigenvalue weighted by molar-refractivity contribution is 6.08. The van der Waals surface area contributed by atoms with Gasteiger partial charge in [0.15, 0.2) is 0 Å². The number of aliphatic hydroxyl groups excluding tert-OH is 1. The first-order chi connectivity index (χ1) is 4.33. The van der Waals surface area contributed by atoms with Crippen LogP contribution in [0.2, 0.25) is 4.55 Å². The minimum atomic E-state index is 0.344. The molecule has 0 spiro atoms. The zero-order valence-electron chi connectivity index (χ0n) is 6.69. The van der Waals surface area contributed by atoms with Crippen molar-refractivity contribution in [3.63, 3.8) is 0 Å². The standard InChI is InChI=1S/C4H10O.C3H7.Mg/c1-2-3-4-5;1-3-2;/h5H,2-4H2,1H3;1,3H2,2H3;/q;;+2.